The van der Waals surface area contributed by atoms with Gasteiger partial charge in [-0.15, -0.1) is 0 Å². The van der Waals surface area contributed by atoms with Crippen LogP contribution in [0.25, 0.3) is 0 Å². The number of urea groups is 1. The number of carbonyl (C=O) groups is 2. The number of benzene rings is 1. The summed E-state index contributed by atoms with van der Waals surface area (Å²) in [6, 6.07) is 7.23. The first-order valence-electron chi connectivity index (χ1n) is 6.49. The summed E-state index contributed by atoms with van der Waals surface area (Å²) in [7, 11) is 0. The second-order valence-corrected chi connectivity index (χ2v) is 4.83. The van der Waals surface area contributed by atoms with Gasteiger partial charge in [-0.05, 0) is 24.3 Å². The van der Waals surface area contributed by atoms with Crippen molar-refractivity contribution in [3.05, 3.63) is 35.9 Å². The quantitative estimate of drug-likeness (QED) is 0.758. The normalized spacial score (nSPS) is 16.2. The summed E-state index contributed by atoms with van der Waals surface area (Å²) >= 11 is 0. The van der Waals surface area contributed by atoms with Crippen molar-refractivity contribution >= 4 is 12.0 Å². The summed E-state index contributed by atoms with van der Waals surface area (Å²) in [6.45, 7) is 0.618. The van der Waals surface area contributed by atoms with E-state index in [1.54, 1.807) is 30.3 Å². The van der Waals surface area contributed by atoms with Crippen LogP contribution in [0, 0.1) is 5.92 Å². The van der Waals surface area contributed by atoms with Gasteiger partial charge in [-0.25, -0.2) is 9.59 Å². The molecule has 0 spiro atoms. The van der Waals surface area contributed by atoms with Gasteiger partial charge < -0.3 is 15.7 Å². The Morgan fingerprint density at radius 1 is 1.26 bits per heavy atom. The lowest BCUT2D eigenvalue weighted by Gasteiger charge is -2.25. The fraction of sp³-hybridized carbons (Fsp3) is 0.429. The Labute approximate surface area is 112 Å². The molecule has 5 heteroatoms. The van der Waals surface area contributed by atoms with Crippen molar-refractivity contribution < 1.29 is 14.7 Å². The number of hydrogen-bond donors (Lipinski definition) is 3. The van der Waals surface area contributed by atoms with Gasteiger partial charge >= 0.3 is 12.0 Å². The Kier molecular flexibility index (Phi) is 4.39. The number of aliphatic carboxylic acids is 1. The Balaban J connectivity index is 1.89. The zero-order valence-electron chi connectivity index (χ0n) is 10.6. The topological polar surface area (TPSA) is 78.4 Å². The standard InChI is InChI=1S/C14H18N2O3/c17-13(18)12(11-7-2-1-3-8-11)16-14(19)15-9-10-5-4-6-10/h1-3,7-8,10,12H,4-6,9H2,(H,17,18)(H2,15,16,19)/t12-/m0/s1. The van der Waals surface area contributed by atoms with Gasteiger partial charge in [0.2, 0.25) is 0 Å². The van der Waals surface area contributed by atoms with Crippen molar-refractivity contribution in [1.82, 2.24) is 10.6 Å². The SMILES string of the molecule is O=C(NCC1CCC1)N[C@H](C(=O)O)c1ccccc1. The summed E-state index contributed by atoms with van der Waals surface area (Å²) in [5.74, 6) is -0.518. The van der Waals surface area contributed by atoms with Crippen molar-refractivity contribution in [3.63, 3.8) is 0 Å². The van der Waals surface area contributed by atoms with Gasteiger partial charge in [0.1, 0.15) is 0 Å². The Bertz CT molecular complexity index is 443. The van der Waals surface area contributed by atoms with Gasteiger partial charge in [0.25, 0.3) is 0 Å². The molecule has 0 saturated heterocycles. The van der Waals surface area contributed by atoms with Crippen LogP contribution >= 0.6 is 0 Å². The Morgan fingerprint density at radius 2 is 1.95 bits per heavy atom. The molecule has 1 aliphatic carbocycles. The number of carboxylic acid groups (broad SMARTS) is 1. The molecule has 19 heavy (non-hydrogen) atoms. The minimum absolute atomic E-state index is 0.428. The van der Waals surface area contributed by atoms with Crippen LogP contribution in [0.5, 0.6) is 0 Å². The van der Waals surface area contributed by atoms with Crippen molar-refractivity contribution in [3.8, 4) is 0 Å². The summed E-state index contributed by atoms with van der Waals surface area (Å²) in [4.78, 5) is 22.9. The molecule has 1 aromatic rings. The van der Waals surface area contributed by atoms with Crippen molar-refractivity contribution in [2.75, 3.05) is 6.54 Å². The molecule has 0 heterocycles. The Hall–Kier alpha value is -2.04. The third kappa shape index (κ3) is 3.71. The molecule has 1 aliphatic rings. The van der Waals surface area contributed by atoms with Crippen LogP contribution in [0.2, 0.25) is 0 Å². The zero-order chi connectivity index (χ0) is 13.7. The first-order valence-corrected chi connectivity index (χ1v) is 6.49. The van der Waals surface area contributed by atoms with Crippen LogP contribution in [0.15, 0.2) is 30.3 Å². The molecule has 5 nitrogen and oxygen atoms in total. The van der Waals surface area contributed by atoms with Crippen LogP contribution < -0.4 is 10.6 Å². The first-order chi connectivity index (χ1) is 9.16. The van der Waals surface area contributed by atoms with Crippen molar-refractivity contribution in [2.24, 2.45) is 5.92 Å². The second kappa shape index (κ2) is 6.22. The van der Waals surface area contributed by atoms with Gasteiger partial charge in [0.15, 0.2) is 6.04 Å². The van der Waals surface area contributed by atoms with Gasteiger partial charge in [-0.2, -0.15) is 0 Å². The van der Waals surface area contributed by atoms with E-state index in [2.05, 4.69) is 10.6 Å². The maximum Gasteiger partial charge on any atom is 0.330 e. The fourth-order valence-corrected chi connectivity index (χ4v) is 2.05. The lowest BCUT2D eigenvalue weighted by atomic mass is 9.85. The maximum atomic E-state index is 11.7. The highest BCUT2D eigenvalue weighted by molar-refractivity contribution is 5.83. The van der Waals surface area contributed by atoms with Crippen molar-refractivity contribution in [1.29, 1.82) is 0 Å². The smallest absolute Gasteiger partial charge is 0.330 e. The lowest BCUT2D eigenvalue weighted by molar-refractivity contribution is -0.139. The molecule has 0 aromatic heterocycles. The minimum Gasteiger partial charge on any atom is -0.479 e. The zero-order valence-corrected chi connectivity index (χ0v) is 10.6. The van der Waals surface area contributed by atoms with Crippen LogP contribution in [0.3, 0.4) is 0 Å². The van der Waals surface area contributed by atoms with Crippen LogP contribution in [0.4, 0.5) is 4.79 Å². The Morgan fingerprint density at radius 3 is 2.47 bits per heavy atom. The van der Waals surface area contributed by atoms with E-state index in [1.807, 2.05) is 0 Å². The first kappa shape index (κ1) is 13.4. The number of carboxylic acids is 1. The van der Waals surface area contributed by atoms with E-state index >= 15 is 0 Å². The largest absolute Gasteiger partial charge is 0.479 e. The number of carbonyl (C=O) groups excluding carboxylic acids is 1. The number of amides is 2. The molecule has 102 valence electrons. The minimum atomic E-state index is -1.06. The van der Waals surface area contributed by atoms with E-state index in [1.165, 1.54) is 6.42 Å². The molecule has 2 amide bonds. The van der Waals surface area contributed by atoms with E-state index in [0.29, 0.717) is 18.0 Å². The van der Waals surface area contributed by atoms with E-state index in [-0.39, 0.29) is 0 Å². The second-order valence-electron chi connectivity index (χ2n) is 4.83. The molecule has 0 aliphatic heterocycles. The monoisotopic (exact) mass is 262 g/mol. The highest BCUT2D eigenvalue weighted by Crippen LogP contribution is 2.25. The van der Waals surface area contributed by atoms with Gasteiger partial charge in [-0.3, -0.25) is 0 Å². The lowest BCUT2D eigenvalue weighted by Crippen LogP contribution is -2.43. The van der Waals surface area contributed by atoms with E-state index in [0.717, 1.165) is 12.8 Å². The third-order valence-corrected chi connectivity index (χ3v) is 3.43. The number of rotatable bonds is 5. The predicted octanol–water partition coefficient (Wildman–Crippen LogP) is 1.91. The fourth-order valence-electron chi connectivity index (χ4n) is 2.05. The molecule has 1 atom stereocenters. The number of hydrogen-bond acceptors (Lipinski definition) is 2. The summed E-state index contributed by atoms with van der Waals surface area (Å²) in [6.07, 6.45) is 3.50. The van der Waals surface area contributed by atoms with Crippen LogP contribution in [-0.4, -0.2) is 23.7 Å². The molecule has 1 saturated carbocycles. The van der Waals surface area contributed by atoms with Crippen LogP contribution in [0.1, 0.15) is 30.9 Å². The molecule has 0 radical (unpaired) electrons. The molecule has 3 N–H and O–H groups in total. The highest BCUT2D eigenvalue weighted by atomic mass is 16.4. The molecular formula is C14H18N2O3. The molecule has 0 bridgehead atoms. The van der Waals surface area contributed by atoms with Crippen LogP contribution in [-0.2, 0) is 4.79 Å². The summed E-state index contributed by atoms with van der Waals surface area (Å²) in [5.41, 5.74) is 0.564. The summed E-state index contributed by atoms with van der Waals surface area (Å²) < 4.78 is 0. The van der Waals surface area contributed by atoms with E-state index in [9.17, 15) is 9.59 Å². The third-order valence-electron chi connectivity index (χ3n) is 3.43. The molecular weight excluding hydrogens is 244 g/mol. The average Bonchev–Trinajstić information content (AvgIpc) is 2.35. The molecule has 1 fully saturated rings. The predicted molar refractivity (Wildman–Crippen MR) is 70.7 cm³/mol. The van der Waals surface area contributed by atoms with E-state index in [4.69, 9.17) is 5.11 Å². The molecule has 0 unspecified atom stereocenters. The molecule has 2 rings (SSSR count). The summed E-state index contributed by atoms with van der Waals surface area (Å²) in [5, 5.41) is 14.4. The van der Waals surface area contributed by atoms with Gasteiger partial charge in [0.05, 0.1) is 0 Å². The van der Waals surface area contributed by atoms with Crippen molar-refractivity contribution in [2.45, 2.75) is 25.3 Å². The maximum absolute atomic E-state index is 11.7. The highest BCUT2D eigenvalue weighted by Gasteiger charge is 2.23. The number of nitrogens with one attached hydrogen (secondary N) is 2. The van der Waals surface area contributed by atoms with E-state index < -0.39 is 18.0 Å². The average molecular weight is 262 g/mol. The molecule has 1 aromatic carbocycles. The van der Waals surface area contributed by atoms with Gasteiger partial charge in [-0.1, -0.05) is 36.8 Å². The van der Waals surface area contributed by atoms with Gasteiger partial charge in [0, 0.05) is 6.54 Å².